The van der Waals surface area contributed by atoms with Crippen molar-refractivity contribution in [2.75, 3.05) is 7.11 Å². The minimum absolute atomic E-state index is 0.0316. The third-order valence-electron chi connectivity index (χ3n) is 3.07. The maximum absolute atomic E-state index is 12.7. The van der Waals surface area contributed by atoms with Crippen LogP contribution in [-0.2, 0) is 17.5 Å². The van der Waals surface area contributed by atoms with Crippen molar-refractivity contribution in [3.8, 4) is 0 Å². The Kier molecular flexibility index (Phi) is 4.79. The number of pyridine rings is 1. The molecule has 0 aliphatic carbocycles. The summed E-state index contributed by atoms with van der Waals surface area (Å²) in [5.74, 6) is -0.704. The van der Waals surface area contributed by atoms with Gasteiger partial charge in [0.1, 0.15) is 5.02 Å². The van der Waals surface area contributed by atoms with Crippen LogP contribution in [0.15, 0.2) is 41.3 Å². The Morgan fingerprint density at radius 2 is 2.00 bits per heavy atom. The third kappa shape index (κ3) is 3.92. The summed E-state index contributed by atoms with van der Waals surface area (Å²) in [6, 6.07) is 5.71. The molecule has 23 heavy (non-hydrogen) atoms. The van der Waals surface area contributed by atoms with Gasteiger partial charge in [0.05, 0.1) is 24.8 Å². The number of ether oxygens (including phenoxy) is 1. The molecule has 122 valence electrons. The lowest BCUT2D eigenvalue weighted by atomic mass is 10.1. The van der Waals surface area contributed by atoms with E-state index in [-0.39, 0.29) is 22.7 Å². The zero-order chi connectivity index (χ0) is 17.2. The van der Waals surface area contributed by atoms with Crippen LogP contribution in [0.4, 0.5) is 13.2 Å². The summed E-state index contributed by atoms with van der Waals surface area (Å²) in [5.41, 5.74) is -1.15. The van der Waals surface area contributed by atoms with Crippen molar-refractivity contribution in [1.29, 1.82) is 0 Å². The topological polar surface area (TPSA) is 48.3 Å². The van der Waals surface area contributed by atoms with Gasteiger partial charge in [-0.1, -0.05) is 23.7 Å². The summed E-state index contributed by atoms with van der Waals surface area (Å²) < 4.78 is 43.7. The molecule has 0 saturated heterocycles. The van der Waals surface area contributed by atoms with Gasteiger partial charge in [0.15, 0.2) is 0 Å². The highest BCUT2D eigenvalue weighted by Gasteiger charge is 2.30. The van der Waals surface area contributed by atoms with Gasteiger partial charge in [-0.05, 0) is 23.8 Å². The van der Waals surface area contributed by atoms with Crippen LogP contribution in [0.2, 0.25) is 5.02 Å². The third-order valence-corrected chi connectivity index (χ3v) is 3.34. The molecule has 0 fully saturated rings. The average Bonchev–Trinajstić information content (AvgIpc) is 2.50. The lowest BCUT2D eigenvalue weighted by Gasteiger charge is -2.11. The van der Waals surface area contributed by atoms with Gasteiger partial charge in [-0.3, -0.25) is 4.79 Å². The fraction of sp³-hybridized carbons (Fsp3) is 0.200. The number of methoxy groups -OCH3 is 1. The van der Waals surface area contributed by atoms with Crippen LogP contribution in [0.25, 0.3) is 0 Å². The molecule has 1 heterocycles. The molecule has 0 unspecified atom stereocenters. The quantitative estimate of drug-likeness (QED) is 0.801. The van der Waals surface area contributed by atoms with Gasteiger partial charge in [-0.2, -0.15) is 13.2 Å². The van der Waals surface area contributed by atoms with Gasteiger partial charge in [0, 0.05) is 6.20 Å². The number of nitrogens with zero attached hydrogens (tertiary/aromatic N) is 1. The van der Waals surface area contributed by atoms with E-state index in [9.17, 15) is 22.8 Å². The van der Waals surface area contributed by atoms with E-state index >= 15 is 0 Å². The first kappa shape index (κ1) is 17.1. The van der Waals surface area contributed by atoms with E-state index in [1.54, 1.807) is 0 Å². The molecule has 2 rings (SSSR count). The highest BCUT2D eigenvalue weighted by molar-refractivity contribution is 6.30. The zero-order valence-electron chi connectivity index (χ0n) is 11.9. The first-order valence-electron chi connectivity index (χ1n) is 6.37. The van der Waals surface area contributed by atoms with Crippen LogP contribution in [0.5, 0.6) is 0 Å². The van der Waals surface area contributed by atoms with E-state index in [0.29, 0.717) is 0 Å². The van der Waals surface area contributed by atoms with Gasteiger partial charge in [0.25, 0.3) is 5.56 Å². The van der Waals surface area contributed by atoms with Crippen molar-refractivity contribution in [3.63, 3.8) is 0 Å². The smallest absolute Gasteiger partial charge is 0.416 e. The van der Waals surface area contributed by atoms with E-state index in [1.165, 1.54) is 25.4 Å². The molecule has 0 radical (unpaired) electrons. The fourth-order valence-corrected chi connectivity index (χ4v) is 2.21. The van der Waals surface area contributed by atoms with Crippen LogP contribution < -0.4 is 5.56 Å². The molecule has 0 saturated carbocycles. The van der Waals surface area contributed by atoms with Crippen molar-refractivity contribution in [3.05, 3.63) is 68.6 Å². The van der Waals surface area contributed by atoms with Crippen molar-refractivity contribution in [2.24, 2.45) is 0 Å². The van der Waals surface area contributed by atoms with Gasteiger partial charge >= 0.3 is 12.1 Å². The maximum Gasteiger partial charge on any atom is 0.416 e. The van der Waals surface area contributed by atoms with Crippen molar-refractivity contribution in [2.45, 2.75) is 12.7 Å². The molecule has 0 amide bonds. The molecule has 2 aromatic rings. The summed E-state index contributed by atoms with van der Waals surface area (Å²) in [4.78, 5) is 23.5. The molecule has 1 aromatic carbocycles. The van der Waals surface area contributed by atoms with E-state index in [4.69, 9.17) is 11.6 Å². The molecule has 0 aliphatic heterocycles. The normalized spacial score (nSPS) is 11.3. The van der Waals surface area contributed by atoms with Gasteiger partial charge in [-0.15, -0.1) is 0 Å². The highest BCUT2D eigenvalue weighted by Crippen LogP contribution is 2.29. The van der Waals surface area contributed by atoms with E-state index in [2.05, 4.69) is 4.74 Å². The Bertz CT molecular complexity index is 799. The second kappa shape index (κ2) is 6.45. The summed E-state index contributed by atoms with van der Waals surface area (Å²) in [6.07, 6.45) is -3.28. The number of halogens is 4. The number of carbonyl (C=O) groups is 1. The van der Waals surface area contributed by atoms with Crippen molar-refractivity contribution < 1.29 is 22.7 Å². The molecule has 1 aromatic heterocycles. The van der Waals surface area contributed by atoms with Gasteiger partial charge in [-0.25, -0.2) is 4.79 Å². The predicted octanol–water partition coefficient (Wildman–Crippen LogP) is 3.36. The summed E-state index contributed by atoms with van der Waals surface area (Å²) >= 11 is 5.77. The first-order valence-corrected chi connectivity index (χ1v) is 6.74. The molecule has 8 heteroatoms. The number of esters is 1. The fourth-order valence-electron chi connectivity index (χ4n) is 1.99. The summed E-state index contributed by atoms with van der Waals surface area (Å²) in [7, 11) is 1.17. The number of aromatic nitrogens is 1. The Balaban J connectivity index is 2.42. The molecule has 0 aliphatic rings. The van der Waals surface area contributed by atoms with E-state index in [0.717, 1.165) is 22.8 Å². The summed E-state index contributed by atoms with van der Waals surface area (Å²) in [5, 5.41) is -0.222. The molecule has 0 N–H and O–H groups in total. The number of alkyl halides is 3. The molecular formula is C15H11ClF3NO3. The van der Waals surface area contributed by atoms with Crippen LogP contribution in [0.3, 0.4) is 0 Å². The van der Waals surface area contributed by atoms with Crippen LogP contribution >= 0.6 is 11.6 Å². The number of hydrogen-bond donors (Lipinski definition) is 0. The van der Waals surface area contributed by atoms with Crippen molar-refractivity contribution >= 4 is 17.6 Å². The second-order valence-corrected chi connectivity index (χ2v) is 5.11. The molecule has 0 spiro atoms. The minimum Gasteiger partial charge on any atom is -0.465 e. The van der Waals surface area contributed by atoms with Crippen molar-refractivity contribution in [1.82, 2.24) is 4.57 Å². The highest BCUT2D eigenvalue weighted by atomic mass is 35.5. The molecule has 0 bridgehead atoms. The van der Waals surface area contributed by atoms with E-state index < -0.39 is 23.3 Å². The Hall–Kier alpha value is -2.28. The predicted molar refractivity (Wildman–Crippen MR) is 77.6 cm³/mol. The number of carbonyl (C=O) groups excluding carboxylic acids is 1. The zero-order valence-corrected chi connectivity index (χ0v) is 12.6. The molecule has 0 atom stereocenters. The largest absolute Gasteiger partial charge is 0.465 e. The Morgan fingerprint density at radius 3 is 2.61 bits per heavy atom. The number of rotatable bonds is 3. The lowest BCUT2D eigenvalue weighted by molar-refractivity contribution is -0.137. The second-order valence-electron chi connectivity index (χ2n) is 4.70. The van der Waals surface area contributed by atoms with Crippen LogP contribution in [0, 0.1) is 0 Å². The average molecular weight is 346 g/mol. The SMILES string of the molecule is COC(=O)c1cc(Cl)c(=O)n(Cc2cccc(C(F)(F)F)c2)c1. The number of hydrogen-bond acceptors (Lipinski definition) is 3. The van der Waals surface area contributed by atoms with Gasteiger partial charge < -0.3 is 9.30 Å². The lowest BCUT2D eigenvalue weighted by Crippen LogP contribution is -2.22. The molecular weight excluding hydrogens is 335 g/mol. The van der Waals surface area contributed by atoms with Crippen LogP contribution in [-0.4, -0.2) is 17.6 Å². The van der Waals surface area contributed by atoms with E-state index in [1.807, 2.05) is 0 Å². The van der Waals surface area contributed by atoms with Gasteiger partial charge in [0.2, 0.25) is 0 Å². The minimum atomic E-state index is -4.48. The number of benzene rings is 1. The Labute approximate surface area is 134 Å². The monoisotopic (exact) mass is 345 g/mol. The molecule has 4 nitrogen and oxygen atoms in total. The summed E-state index contributed by atoms with van der Waals surface area (Å²) in [6.45, 7) is -0.159. The van der Waals surface area contributed by atoms with Crippen LogP contribution in [0.1, 0.15) is 21.5 Å². The Morgan fingerprint density at radius 1 is 1.30 bits per heavy atom. The standard InChI is InChI=1S/C15H11ClF3NO3/c1-23-14(22)10-6-12(16)13(21)20(8-10)7-9-3-2-4-11(5-9)15(17,18)19/h2-6,8H,7H2,1H3. The maximum atomic E-state index is 12.7. The first-order chi connectivity index (χ1) is 10.7.